The van der Waals surface area contributed by atoms with E-state index < -0.39 is 45.1 Å². The summed E-state index contributed by atoms with van der Waals surface area (Å²) in [5, 5.41) is 8.89. The Morgan fingerprint density at radius 2 is 0.965 bits per heavy atom. The van der Waals surface area contributed by atoms with Gasteiger partial charge in [-0.3, -0.25) is 18.6 Å². The lowest BCUT2D eigenvalue weighted by Gasteiger charge is -2.20. The van der Waals surface area contributed by atoms with Crippen LogP contribution < -0.4 is 5.73 Å². The molecule has 4 N–H and O–H groups in total. The number of rotatable bonds is 40. The Morgan fingerprint density at radius 1 is 0.561 bits per heavy atom. The highest BCUT2D eigenvalue weighted by atomic mass is 31.2. The van der Waals surface area contributed by atoms with Gasteiger partial charge in [-0.1, -0.05) is 150 Å². The lowest BCUT2D eigenvalue weighted by Crippen LogP contribution is -2.34. The molecule has 326 valence electrons. The molecule has 3 unspecified atom stereocenters. The van der Waals surface area contributed by atoms with Crippen molar-refractivity contribution >= 4 is 19.8 Å². The number of carboxylic acid groups (broad SMARTS) is 1. The van der Waals surface area contributed by atoms with Gasteiger partial charge in [0, 0.05) is 13.0 Å². The number of nitrogens with two attached hydrogens (primary N) is 1. The number of phosphoric acid groups is 1. The minimum absolute atomic E-state index is 0.00454. The number of carbonyl (C=O) groups is 2. The van der Waals surface area contributed by atoms with Crippen molar-refractivity contribution in [2.45, 2.75) is 167 Å². The third kappa shape index (κ3) is 41.1. The van der Waals surface area contributed by atoms with E-state index in [1.165, 1.54) is 38.5 Å². The first kappa shape index (κ1) is 54.2. The van der Waals surface area contributed by atoms with E-state index in [-0.39, 0.29) is 13.0 Å². The van der Waals surface area contributed by atoms with Crippen molar-refractivity contribution in [2.75, 3.05) is 26.4 Å². The molecule has 0 saturated carbocycles. The fraction of sp³-hybridized carbons (Fsp3) is 0.652. The number of aliphatic carboxylic acids is 1. The van der Waals surface area contributed by atoms with Crippen molar-refractivity contribution in [1.29, 1.82) is 0 Å². The number of hydrogen-bond acceptors (Lipinski definition) is 8. The number of esters is 1. The van der Waals surface area contributed by atoms with Gasteiger partial charge in [0.1, 0.15) is 12.1 Å². The van der Waals surface area contributed by atoms with Crippen LogP contribution >= 0.6 is 7.82 Å². The maximum absolute atomic E-state index is 12.6. The molecule has 0 aromatic rings. The average molecular weight is 820 g/mol. The quantitative estimate of drug-likeness (QED) is 0.0235. The largest absolute Gasteiger partial charge is 0.480 e. The maximum atomic E-state index is 12.6. The van der Waals surface area contributed by atoms with Gasteiger partial charge < -0.3 is 25.2 Å². The molecular weight excluding hydrogens is 741 g/mol. The molecule has 0 heterocycles. The Morgan fingerprint density at radius 3 is 1.44 bits per heavy atom. The van der Waals surface area contributed by atoms with E-state index in [9.17, 15) is 19.0 Å². The standard InChI is InChI=1S/C46H78NO9P/c1-3-5-7-9-11-13-15-17-18-19-20-21-22-23-24-25-27-29-31-33-35-37-39-53-40-43(41-54-57(51,52)55-42-44(47)46(49)50)56-45(48)38-36-34-32-30-28-26-16-14-12-10-8-6-4-2/h5-8,11-14,17-18,20-21,26,28,43-44H,3-4,9-10,15-16,19,22-25,27,29-42,47H2,1-2H3,(H,49,50)(H,51,52)/b7-5-,8-6-,13-11-,14-12-,18-17-,21-20-,28-26-. The number of phosphoric ester groups is 1. The number of allylic oxidation sites excluding steroid dienone is 14. The summed E-state index contributed by atoms with van der Waals surface area (Å²) in [5.74, 6) is -1.82. The first-order valence-corrected chi connectivity index (χ1v) is 23.1. The summed E-state index contributed by atoms with van der Waals surface area (Å²) in [6, 6.07) is -1.48. The number of ether oxygens (including phenoxy) is 2. The third-order valence-corrected chi connectivity index (χ3v) is 9.62. The molecule has 0 aromatic carbocycles. The van der Waals surface area contributed by atoms with Gasteiger partial charge in [0.2, 0.25) is 0 Å². The van der Waals surface area contributed by atoms with Crippen molar-refractivity contribution < 1.29 is 42.7 Å². The zero-order chi connectivity index (χ0) is 41.9. The molecule has 0 spiro atoms. The van der Waals surface area contributed by atoms with E-state index in [0.717, 1.165) is 89.9 Å². The van der Waals surface area contributed by atoms with Crippen LogP contribution in [0.5, 0.6) is 0 Å². The Bertz CT molecular complexity index is 1220. The van der Waals surface area contributed by atoms with E-state index in [4.69, 9.17) is 29.4 Å². The summed E-state index contributed by atoms with van der Waals surface area (Å²) in [6.45, 7) is 3.58. The SMILES string of the molecule is CC/C=C\C/C=C\C/C=C\C/C=C\CCCCCCCCCCCOCC(COP(=O)(O)OCC(N)C(=O)O)OC(=O)CCCCC/C=C\C/C=C\C/C=C\CC. The van der Waals surface area contributed by atoms with Gasteiger partial charge in [0.25, 0.3) is 0 Å². The van der Waals surface area contributed by atoms with E-state index >= 15 is 0 Å². The van der Waals surface area contributed by atoms with Gasteiger partial charge in [-0.25, -0.2) is 4.57 Å². The molecule has 0 aliphatic carbocycles. The van der Waals surface area contributed by atoms with Crippen LogP contribution in [0.3, 0.4) is 0 Å². The molecule has 0 amide bonds. The smallest absolute Gasteiger partial charge is 0.472 e. The molecule has 11 heteroatoms. The summed E-state index contributed by atoms with van der Waals surface area (Å²) < 4.78 is 33.3. The van der Waals surface area contributed by atoms with Gasteiger partial charge >= 0.3 is 19.8 Å². The number of hydrogen-bond donors (Lipinski definition) is 3. The van der Waals surface area contributed by atoms with E-state index in [0.29, 0.717) is 13.0 Å². The van der Waals surface area contributed by atoms with Crippen LogP contribution in [-0.2, 0) is 32.7 Å². The monoisotopic (exact) mass is 820 g/mol. The van der Waals surface area contributed by atoms with Crippen LogP contribution in [0.4, 0.5) is 0 Å². The van der Waals surface area contributed by atoms with E-state index in [1.54, 1.807) is 0 Å². The topological polar surface area (TPSA) is 155 Å². The fourth-order valence-electron chi connectivity index (χ4n) is 5.37. The van der Waals surface area contributed by atoms with Crippen LogP contribution in [0.2, 0.25) is 0 Å². The summed E-state index contributed by atoms with van der Waals surface area (Å²) in [5.41, 5.74) is 5.35. The molecule has 57 heavy (non-hydrogen) atoms. The highest BCUT2D eigenvalue weighted by Crippen LogP contribution is 2.43. The Hall–Kier alpha value is -2.85. The van der Waals surface area contributed by atoms with E-state index in [2.05, 4.69) is 98.9 Å². The zero-order valence-electron chi connectivity index (χ0n) is 35.4. The first-order chi connectivity index (χ1) is 27.7. The van der Waals surface area contributed by atoms with Crippen LogP contribution in [0, 0.1) is 0 Å². The molecule has 0 radical (unpaired) electrons. The fourth-order valence-corrected chi connectivity index (χ4v) is 6.15. The summed E-state index contributed by atoms with van der Waals surface area (Å²) in [6.07, 6.45) is 52.1. The van der Waals surface area contributed by atoms with Crippen molar-refractivity contribution in [3.05, 3.63) is 85.1 Å². The van der Waals surface area contributed by atoms with Gasteiger partial charge in [-0.05, 0) is 83.5 Å². The molecular formula is C46H78NO9P. The molecule has 0 aliphatic rings. The molecule has 0 aliphatic heterocycles. The minimum Gasteiger partial charge on any atom is -0.480 e. The summed E-state index contributed by atoms with van der Waals surface area (Å²) in [4.78, 5) is 33.5. The number of carboxylic acids is 1. The van der Waals surface area contributed by atoms with Gasteiger partial charge in [0.05, 0.1) is 19.8 Å². The molecule has 10 nitrogen and oxygen atoms in total. The third-order valence-electron chi connectivity index (χ3n) is 8.67. The van der Waals surface area contributed by atoms with Crippen molar-refractivity contribution in [3.8, 4) is 0 Å². The second-order valence-electron chi connectivity index (χ2n) is 14.1. The molecule has 0 aromatic heterocycles. The minimum atomic E-state index is -4.63. The maximum Gasteiger partial charge on any atom is 0.472 e. The second-order valence-corrected chi connectivity index (χ2v) is 15.5. The predicted octanol–water partition coefficient (Wildman–Crippen LogP) is 12.0. The predicted molar refractivity (Wildman–Crippen MR) is 235 cm³/mol. The Kier molecular flexibility index (Phi) is 39.2. The van der Waals surface area contributed by atoms with Gasteiger partial charge in [0.15, 0.2) is 0 Å². The number of unbranched alkanes of at least 4 members (excludes halogenated alkanes) is 12. The molecule has 0 saturated heterocycles. The highest BCUT2D eigenvalue weighted by Gasteiger charge is 2.27. The van der Waals surface area contributed by atoms with Crippen LogP contribution in [0.25, 0.3) is 0 Å². The Balaban J connectivity index is 4.25. The average Bonchev–Trinajstić information content (AvgIpc) is 3.19. The molecule has 3 atom stereocenters. The second kappa shape index (κ2) is 41.3. The summed E-state index contributed by atoms with van der Waals surface area (Å²) in [7, 11) is -4.63. The number of carbonyl (C=O) groups excluding carboxylic acids is 1. The van der Waals surface area contributed by atoms with Crippen molar-refractivity contribution in [1.82, 2.24) is 0 Å². The summed E-state index contributed by atoms with van der Waals surface area (Å²) >= 11 is 0. The van der Waals surface area contributed by atoms with Crippen molar-refractivity contribution in [2.24, 2.45) is 5.73 Å². The highest BCUT2D eigenvalue weighted by molar-refractivity contribution is 7.47. The van der Waals surface area contributed by atoms with Crippen LogP contribution in [0.1, 0.15) is 155 Å². The normalized spacial score (nSPS) is 14.7. The van der Waals surface area contributed by atoms with Crippen LogP contribution in [-0.4, -0.2) is 60.5 Å². The zero-order valence-corrected chi connectivity index (χ0v) is 36.3. The van der Waals surface area contributed by atoms with Gasteiger partial charge in [-0.2, -0.15) is 0 Å². The van der Waals surface area contributed by atoms with E-state index in [1.807, 2.05) is 0 Å². The molecule has 0 bridgehead atoms. The Labute approximate surface area is 346 Å². The first-order valence-electron chi connectivity index (χ1n) is 21.6. The van der Waals surface area contributed by atoms with Crippen LogP contribution in [0.15, 0.2) is 85.1 Å². The van der Waals surface area contributed by atoms with Crippen molar-refractivity contribution in [3.63, 3.8) is 0 Å². The lowest BCUT2D eigenvalue weighted by molar-refractivity contribution is -0.154. The molecule has 0 rings (SSSR count). The molecule has 0 fully saturated rings. The lowest BCUT2D eigenvalue weighted by atomic mass is 10.1. The van der Waals surface area contributed by atoms with Gasteiger partial charge in [-0.15, -0.1) is 0 Å².